The predicted octanol–water partition coefficient (Wildman–Crippen LogP) is 1.52. The minimum atomic E-state index is -0.757. The molecule has 30 heavy (non-hydrogen) atoms. The fourth-order valence-electron chi connectivity index (χ4n) is 3.88. The third kappa shape index (κ3) is 4.28. The normalized spacial score (nSPS) is 21.6. The molecule has 0 saturated carbocycles. The minimum Gasteiger partial charge on any atom is -0.461 e. The summed E-state index contributed by atoms with van der Waals surface area (Å²) in [4.78, 5) is 40.3. The Balaban J connectivity index is 1.43. The molecule has 3 heterocycles. The summed E-state index contributed by atoms with van der Waals surface area (Å²) in [6.45, 7) is 0.554. The van der Waals surface area contributed by atoms with E-state index in [0.717, 1.165) is 17.4 Å². The number of hydrogen-bond acceptors (Lipinski definition) is 6. The predicted molar refractivity (Wildman–Crippen MR) is 114 cm³/mol. The smallest absolute Gasteiger partial charge is 0.332 e. The van der Waals surface area contributed by atoms with Gasteiger partial charge in [0.2, 0.25) is 11.8 Å². The SMILES string of the molecule is NC(=O)NN=C[C@@H]1CSCN1C(=O)[C@@H]1CCCN1C(=O)Cc1cc2ccccc2o1. The molecule has 2 aliphatic rings. The molecule has 4 rings (SSSR count). The largest absolute Gasteiger partial charge is 0.461 e. The molecule has 0 bridgehead atoms. The van der Waals surface area contributed by atoms with E-state index in [1.165, 1.54) is 6.21 Å². The number of thioether (sulfide) groups is 1. The third-order valence-electron chi connectivity index (χ3n) is 5.28. The molecule has 3 N–H and O–H groups in total. The van der Waals surface area contributed by atoms with Crippen LogP contribution in [0.3, 0.4) is 0 Å². The molecule has 2 saturated heterocycles. The molecule has 1 aromatic carbocycles. The number of urea groups is 1. The maximum Gasteiger partial charge on any atom is 0.332 e. The van der Waals surface area contributed by atoms with Crippen molar-refractivity contribution >= 4 is 46.8 Å². The highest BCUT2D eigenvalue weighted by Gasteiger charge is 2.40. The number of fused-ring (bicyclic) bond motifs is 1. The first-order valence-electron chi connectivity index (χ1n) is 9.76. The Kier molecular flexibility index (Phi) is 5.93. The minimum absolute atomic E-state index is 0.0917. The maximum absolute atomic E-state index is 13.2. The van der Waals surface area contributed by atoms with Crippen molar-refractivity contribution in [3.05, 3.63) is 36.1 Å². The van der Waals surface area contributed by atoms with E-state index in [0.29, 0.717) is 30.4 Å². The summed E-state index contributed by atoms with van der Waals surface area (Å²) in [5.41, 5.74) is 7.91. The number of nitrogens with two attached hydrogens (primary N) is 1. The van der Waals surface area contributed by atoms with Gasteiger partial charge in [-0.3, -0.25) is 9.59 Å². The second kappa shape index (κ2) is 8.78. The van der Waals surface area contributed by atoms with Crippen LogP contribution in [0.4, 0.5) is 4.79 Å². The van der Waals surface area contributed by atoms with Gasteiger partial charge in [0.15, 0.2) is 0 Å². The van der Waals surface area contributed by atoms with E-state index < -0.39 is 12.1 Å². The molecule has 0 unspecified atom stereocenters. The van der Waals surface area contributed by atoms with Crippen LogP contribution in [-0.4, -0.2) is 64.1 Å². The number of rotatable bonds is 5. The average Bonchev–Trinajstić information content (AvgIpc) is 3.45. The summed E-state index contributed by atoms with van der Waals surface area (Å²) in [5, 5.41) is 4.75. The highest BCUT2D eigenvalue weighted by Crippen LogP contribution is 2.27. The lowest BCUT2D eigenvalue weighted by Gasteiger charge is -2.29. The molecule has 158 valence electrons. The Morgan fingerprint density at radius 1 is 1.30 bits per heavy atom. The number of amides is 4. The van der Waals surface area contributed by atoms with Crippen LogP contribution in [-0.2, 0) is 16.0 Å². The van der Waals surface area contributed by atoms with Gasteiger partial charge in [0, 0.05) is 23.9 Å². The number of nitrogens with one attached hydrogen (secondary N) is 1. The van der Waals surface area contributed by atoms with Crippen LogP contribution in [0.5, 0.6) is 0 Å². The van der Waals surface area contributed by atoms with Gasteiger partial charge in [-0.1, -0.05) is 18.2 Å². The van der Waals surface area contributed by atoms with Gasteiger partial charge >= 0.3 is 6.03 Å². The summed E-state index contributed by atoms with van der Waals surface area (Å²) < 4.78 is 5.77. The van der Waals surface area contributed by atoms with Gasteiger partial charge in [-0.15, -0.1) is 11.8 Å². The number of hydrogen-bond donors (Lipinski definition) is 2. The van der Waals surface area contributed by atoms with Gasteiger partial charge in [-0.25, -0.2) is 10.2 Å². The molecule has 10 heteroatoms. The first-order valence-corrected chi connectivity index (χ1v) is 10.9. The van der Waals surface area contributed by atoms with Crippen LogP contribution >= 0.6 is 11.8 Å². The van der Waals surface area contributed by atoms with Crippen molar-refractivity contribution in [2.24, 2.45) is 10.8 Å². The molecule has 1 aromatic heterocycles. The zero-order chi connectivity index (χ0) is 21.1. The fourth-order valence-corrected chi connectivity index (χ4v) is 5.01. The topological polar surface area (TPSA) is 121 Å². The average molecular weight is 430 g/mol. The molecule has 0 radical (unpaired) electrons. The Morgan fingerprint density at radius 3 is 2.93 bits per heavy atom. The zero-order valence-corrected chi connectivity index (χ0v) is 17.1. The summed E-state index contributed by atoms with van der Waals surface area (Å²) in [7, 11) is 0. The van der Waals surface area contributed by atoms with E-state index in [4.69, 9.17) is 10.2 Å². The maximum atomic E-state index is 13.2. The van der Waals surface area contributed by atoms with Crippen LogP contribution in [0.25, 0.3) is 11.0 Å². The molecular weight excluding hydrogens is 406 g/mol. The second-order valence-corrected chi connectivity index (χ2v) is 8.30. The lowest BCUT2D eigenvalue weighted by molar-refractivity contribution is -0.143. The molecule has 4 amide bonds. The van der Waals surface area contributed by atoms with E-state index in [2.05, 4.69) is 10.5 Å². The van der Waals surface area contributed by atoms with Crippen molar-refractivity contribution in [2.75, 3.05) is 18.2 Å². The Bertz CT molecular complexity index is 957. The van der Waals surface area contributed by atoms with Crippen molar-refractivity contribution in [2.45, 2.75) is 31.3 Å². The second-order valence-electron chi connectivity index (χ2n) is 7.30. The number of benzene rings is 1. The van der Waals surface area contributed by atoms with Gasteiger partial charge in [-0.05, 0) is 25.0 Å². The van der Waals surface area contributed by atoms with E-state index in [9.17, 15) is 14.4 Å². The van der Waals surface area contributed by atoms with Crippen molar-refractivity contribution in [3.8, 4) is 0 Å². The Hall–Kier alpha value is -3.01. The molecule has 0 spiro atoms. The summed E-state index contributed by atoms with van der Waals surface area (Å²) in [6, 6.07) is 8.00. The van der Waals surface area contributed by atoms with E-state index in [-0.39, 0.29) is 24.3 Å². The van der Waals surface area contributed by atoms with Crippen molar-refractivity contribution in [1.29, 1.82) is 0 Å². The first-order chi connectivity index (χ1) is 14.5. The van der Waals surface area contributed by atoms with Gasteiger partial charge in [0.25, 0.3) is 0 Å². The van der Waals surface area contributed by atoms with E-state index in [1.54, 1.807) is 21.6 Å². The highest BCUT2D eigenvalue weighted by molar-refractivity contribution is 7.99. The molecule has 2 aromatic rings. The molecule has 2 atom stereocenters. The number of furan rings is 1. The van der Waals surface area contributed by atoms with Crippen molar-refractivity contribution in [1.82, 2.24) is 15.2 Å². The lowest BCUT2D eigenvalue weighted by atomic mass is 10.1. The quantitative estimate of drug-likeness (QED) is 0.551. The van der Waals surface area contributed by atoms with E-state index >= 15 is 0 Å². The lowest BCUT2D eigenvalue weighted by Crippen LogP contribution is -2.50. The fraction of sp³-hybridized carbons (Fsp3) is 0.400. The van der Waals surface area contributed by atoms with Gasteiger partial charge < -0.3 is 20.0 Å². The molecule has 9 nitrogen and oxygen atoms in total. The third-order valence-corrected chi connectivity index (χ3v) is 6.32. The summed E-state index contributed by atoms with van der Waals surface area (Å²) in [5.74, 6) is 1.59. The number of hydrazone groups is 1. The molecule has 2 fully saturated rings. The number of carbonyl (C=O) groups excluding carboxylic acids is 3. The zero-order valence-electron chi connectivity index (χ0n) is 16.3. The molecular formula is C20H23N5O4S. The van der Waals surface area contributed by atoms with Crippen LogP contribution in [0.15, 0.2) is 39.9 Å². The molecule has 0 aliphatic carbocycles. The molecule has 2 aliphatic heterocycles. The number of para-hydroxylation sites is 1. The number of primary amides is 1. The number of carbonyl (C=O) groups is 3. The monoisotopic (exact) mass is 429 g/mol. The van der Waals surface area contributed by atoms with Crippen LogP contribution in [0.1, 0.15) is 18.6 Å². The number of nitrogens with zero attached hydrogens (tertiary/aromatic N) is 3. The highest BCUT2D eigenvalue weighted by atomic mass is 32.2. The summed E-state index contributed by atoms with van der Waals surface area (Å²) >= 11 is 1.60. The Morgan fingerprint density at radius 2 is 2.13 bits per heavy atom. The van der Waals surface area contributed by atoms with Crippen LogP contribution < -0.4 is 11.2 Å². The Labute approximate surface area is 177 Å². The van der Waals surface area contributed by atoms with E-state index in [1.807, 2.05) is 30.3 Å². The van der Waals surface area contributed by atoms with Gasteiger partial charge in [0.1, 0.15) is 17.4 Å². The van der Waals surface area contributed by atoms with Gasteiger partial charge in [0.05, 0.1) is 18.3 Å². The summed E-state index contributed by atoms with van der Waals surface area (Å²) in [6.07, 6.45) is 3.05. The van der Waals surface area contributed by atoms with Crippen LogP contribution in [0, 0.1) is 0 Å². The number of likely N-dealkylation sites (tertiary alicyclic amines) is 1. The van der Waals surface area contributed by atoms with Crippen molar-refractivity contribution < 1.29 is 18.8 Å². The standard InChI is InChI=1S/C20H23N5O4S/c21-20(28)23-22-10-14-11-30-12-25(14)19(27)16-5-3-7-24(16)18(26)9-15-8-13-4-1-2-6-17(13)29-15/h1-2,4,6,8,10,14,16H,3,5,7,9,11-12H2,(H3,21,23,28)/t14-,16+/m1/s1. The van der Waals surface area contributed by atoms with Gasteiger partial charge in [-0.2, -0.15) is 5.10 Å². The van der Waals surface area contributed by atoms with Crippen LogP contribution in [0.2, 0.25) is 0 Å². The first kappa shape index (κ1) is 20.3. The van der Waals surface area contributed by atoms with Crippen molar-refractivity contribution in [3.63, 3.8) is 0 Å².